The molecule has 0 spiro atoms. The van der Waals surface area contributed by atoms with Gasteiger partial charge in [-0.25, -0.2) is 0 Å². The quantitative estimate of drug-likeness (QED) is 0.147. The van der Waals surface area contributed by atoms with Gasteiger partial charge in [-0.15, -0.1) is 22.7 Å². The first kappa shape index (κ1) is 42.2. The molecule has 0 aliphatic carbocycles. The molecule has 12 rings (SSSR count). The van der Waals surface area contributed by atoms with Crippen LogP contribution >= 0.6 is 22.7 Å². The van der Waals surface area contributed by atoms with Gasteiger partial charge in [0.15, 0.2) is 0 Å². The van der Waals surface area contributed by atoms with Crippen LogP contribution in [0.15, 0.2) is 182 Å². The summed E-state index contributed by atoms with van der Waals surface area (Å²) in [6.07, 6.45) is 0. The van der Waals surface area contributed by atoms with Crippen molar-refractivity contribution in [1.29, 1.82) is 0 Å². The van der Waals surface area contributed by atoms with Crippen LogP contribution in [0.3, 0.4) is 0 Å². The summed E-state index contributed by atoms with van der Waals surface area (Å²) >= 11 is 3.95. The number of anilines is 9. The largest absolute Gasteiger partial charge is 0.311 e. The van der Waals surface area contributed by atoms with Gasteiger partial charge in [-0.2, -0.15) is 0 Å². The van der Waals surface area contributed by atoms with Gasteiger partial charge in [0.1, 0.15) is 0 Å². The van der Waals surface area contributed by atoms with Crippen molar-refractivity contribution in [3.05, 3.63) is 193 Å². The average molecular weight is 936 g/mol. The summed E-state index contributed by atoms with van der Waals surface area (Å²) in [5.41, 5.74) is 17.2. The van der Waals surface area contributed by atoms with E-state index >= 15 is 0 Å². The zero-order chi connectivity index (χ0) is 46.0. The van der Waals surface area contributed by atoms with Gasteiger partial charge in [-0.3, -0.25) is 0 Å². The van der Waals surface area contributed by atoms with Gasteiger partial charge in [0.05, 0.1) is 44.6 Å². The van der Waals surface area contributed by atoms with E-state index in [4.69, 9.17) is 0 Å². The lowest BCUT2D eigenvalue weighted by Gasteiger charge is -2.45. The molecule has 5 heterocycles. The monoisotopic (exact) mass is 935 g/mol. The maximum atomic E-state index is 2.58. The number of hydrogen-bond donors (Lipinski definition) is 0. The van der Waals surface area contributed by atoms with E-state index in [9.17, 15) is 0 Å². The molecule has 328 valence electrons. The molecule has 3 aliphatic rings. The highest BCUT2D eigenvalue weighted by Crippen LogP contribution is 2.55. The Morgan fingerprint density at radius 1 is 0.388 bits per heavy atom. The Morgan fingerprint density at radius 3 is 1.16 bits per heavy atom. The molecule has 0 amide bonds. The highest BCUT2D eigenvalue weighted by Gasteiger charge is 2.47. The van der Waals surface area contributed by atoms with Crippen molar-refractivity contribution in [2.75, 3.05) is 14.7 Å². The zero-order valence-electron chi connectivity index (χ0n) is 39.6. The Labute approximate surface area is 406 Å². The van der Waals surface area contributed by atoms with Gasteiger partial charge in [0, 0.05) is 47.5 Å². The van der Waals surface area contributed by atoms with Crippen LogP contribution in [0.4, 0.5) is 51.2 Å². The Balaban J connectivity index is 1.17. The Hall–Kier alpha value is -6.16. The van der Waals surface area contributed by atoms with Crippen LogP contribution in [0.25, 0.3) is 20.9 Å². The number of nitrogens with zero attached hydrogens (tertiary/aromatic N) is 3. The van der Waals surface area contributed by atoms with E-state index in [0.717, 1.165) is 17.1 Å². The Bertz CT molecular complexity index is 3150. The Kier molecular flexibility index (Phi) is 9.73. The van der Waals surface area contributed by atoms with E-state index in [0.29, 0.717) is 0 Å². The summed E-state index contributed by atoms with van der Waals surface area (Å²) in [4.78, 5) is 10.3. The van der Waals surface area contributed by atoms with Crippen LogP contribution < -0.4 is 40.1 Å². The maximum Gasteiger partial charge on any atom is 0.277 e. The lowest BCUT2D eigenvalue weighted by Crippen LogP contribution is -2.59. The molecule has 8 heteroatoms. The molecule has 3 aliphatic heterocycles. The molecule has 0 radical (unpaired) electrons. The molecule has 0 bridgehead atoms. The van der Waals surface area contributed by atoms with Crippen molar-refractivity contribution in [2.45, 2.75) is 58.5 Å². The lowest BCUT2D eigenvalue weighted by atomic mass is 9.39. The minimum Gasteiger partial charge on any atom is -0.311 e. The predicted octanol–water partition coefficient (Wildman–Crippen LogP) is 14.4. The van der Waals surface area contributed by atoms with E-state index in [1.54, 1.807) is 0 Å². The standard InChI is InChI=1S/C59H54BN3S2Si2/c1-59(2)46-23-15-17-25-48(46)63(49-26-18-16-24-47(49)59)43-35-50-56-51(36-43)62(42-21-13-10-14-22-42)53-38-55(40-29-33-45(34-30-40)67(6,7)8)65-58(53)60(56)57-52(61(50)41-19-11-9-12-20-41)37-54(64-57)39-27-31-44(32-28-39)66(3,4)5/h9-38H,1-8H3. The van der Waals surface area contributed by atoms with Crippen molar-refractivity contribution in [3.8, 4) is 20.9 Å². The third-order valence-electron chi connectivity index (χ3n) is 14.4. The van der Waals surface area contributed by atoms with Crippen molar-refractivity contribution in [1.82, 2.24) is 0 Å². The molecule has 9 aromatic rings. The van der Waals surface area contributed by atoms with E-state index in [1.807, 2.05) is 22.7 Å². The third kappa shape index (κ3) is 6.78. The highest BCUT2D eigenvalue weighted by atomic mass is 32.1. The summed E-state index contributed by atoms with van der Waals surface area (Å²) in [5.74, 6) is 0. The number of benzene rings is 7. The van der Waals surface area contributed by atoms with Gasteiger partial charge < -0.3 is 14.7 Å². The smallest absolute Gasteiger partial charge is 0.277 e. The molecule has 3 nitrogen and oxygen atoms in total. The molecule has 0 unspecified atom stereocenters. The van der Waals surface area contributed by atoms with E-state index in [1.165, 1.54) is 91.5 Å². The molecule has 0 fully saturated rings. The minimum absolute atomic E-state index is 0.0313. The van der Waals surface area contributed by atoms with Crippen LogP contribution in [0.1, 0.15) is 25.0 Å². The minimum atomic E-state index is -1.48. The number of fused-ring (bicyclic) bond motifs is 6. The second kappa shape index (κ2) is 15.4. The van der Waals surface area contributed by atoms with Crippen molar-refractivity contribution in [2.24, 2.45) is 0 Å². The molecular formula is C59H54BN3S2Si2. The molecule has 0 saturated carbocycles. The highest BCUT2D eigenvalue weighted by molar-refractivity contribution is 7.38. The summed E-state index contributed by atoms with van der Waals surface area (Å²) in [7, 11) is -2.95. The average Bonchev–Trinajstić information content (AvgIpc) is 3.98. The van der Waals surface area contributed by atoms with Crippen LogP contribution in [-0.2, 0) is 5.41 Å². The number of hydrogen-bond acceptors (Lipinski definition) is 5. The van der Waals surface area contributed by atoms with E-state index < -0.39 is 16.1 Å². The lowest BCUT2D eigenvalue weighted by molar-refractivity contribution is 0.632. The first-order valence-electron chi connectivity index (χ1n) is 23.6. The van der Waals surface area contributed by atoms with E-state index in [-0.39, 0.29) is 12.1 Å². The molecule has 0 saturated heterocycles. The summed E-state index contributed by atoms with van der Waals surface area (Å²) in [5, 5.41) is 2.97. The van der Waals surface area contributed by atoms with Gasteiger partial charge in [0.2, 0.25) is 0 Å². The Morgan fingerprint density at radius 2 is 0.761 bits per heavy atom. The van der Waals surface area contributed by atoms with Gasteiger partial charge >= 0.3 is 0 Å². The van der Waals surface area contributed by atoms with Crippen LogP contribution in [-0.4, -0.2) is 22.9 Å². The maximum absolute atomic E-state index is 2.58. The van der Waals surface area contributed by atoms with Crippen molar-refractivity contribution >= 4 is 122 Å². The van der Waals surface area contributed by atoms with Crippen molar-refractivity contribution in [3.63, 3.8) is 0 Å². The fourth-order valence-electron chi connectivity index (χ4n) is 10.8. The normalized spacial score (nSPS) is 14.6. The summed E-state index contributed by atoms with van der Waals surface area (Å²) in [6, 6.07) is 69.3. The molecule has 7 aromatic carbocycles. The fraction of sp³-hybridized carbons (Fsp3) is 0.153. The topological polar surface area (TPSA) is 9.72 Å². The first-order valence-corrected chi connectivity index (χ1v) is 32.3. The van der Waals surface area contributed by atoms with Gasteiger partial charge in [0.25, 0.3) is 6.71 Å². The number of rotatable bonds is 7. The number of para-hydroxylation sites is 4. The molecule has 2 aromatic heterocycles. The second-order valence-corrected chi connectivity index (χ2v) is 33.4. The molecular weight excluding hydrogens is 882 g/mol. The summed E-state index contributed by atoms with van der Waals surface area (Å²) < 4.78 is 2.78. The third-order valence-corrected chi connectivity index (χ3v) is 21.0. The molecule has 0 atom stereocenters. The molecule has 0 N–H and O–H groups in total. The number of thiophene rings is 2. The zero-order valence-corrected chi connectivity index (χ0v) is 43.2. The summed E-state index contributed by atoms with van der Waals surface area (Å²) in [6.45, 7) is 19.4. The SMILES string of the molecule is CC1(C)c2ccccc2N(c2cc3c4c(c2)N(c2ccccc2)c2cc(-c5ccc([Si](C)(C)C)cc5)sc2B4c2sc(-c4ccc([Si](C)(C)C)cc4)cc2N3c2ccccc2)c2ccccc21. The van der Waals surface area contributed by atoms with Crippen LogP contribution in [0.5, 0.6) is 0 Å². The molecule has 67 heavy (non-hydrogen) atoms. The fourth-order valence-corrected chi connectivity index (χ4v) is 15.8. The predicted molar refractivity (Wildman–Crippen MR) is 300 cm³/mol. The first-order chi connectivity index (χ1) is 32.3. The van der Waals surface area contributed by atoms with E-state index in [2.05, 4.69) is 250 Å². The van der Waals surface area contributed by atoms with Gasteiger partial charge in [-0.05, 0) is 88.4 Å². The van der Waals surface area contributed by atoms with Gasteiger partial charge in [-0.1, -0.05) is 185 Å². The van der Waals surface area contributed by atoms with Crippen LogP contribution in [0, 0.1) is 0 Å². The second-order valence-electron chi connectivity index (χ2n) is 21.0. The van der Waals surface area contributed by atoms with Crippen LogP contribution in [0.2, 0.25) is 39.3 Å². The van der Waals surface area contributed by atoms with Crippen molar-refractivity contribution < 1.29 is 0 Å².